The lowest BCUT2D eigenvalue weighted by Gasteiger charge is -2.25. The Kier molecular flexibility index (Phi) is 4.72. The SMILES string of the molecule is CC(=O)N[C@H]1[C@H](OCc2ccccc2)C(C(=O)O)=C[C@@H]1N. The molecule has 1 amide bonds. The predicted molar refractivity (Wildman–Crippen MR) is 76.3 cm³/mol. The number of hydrogen-bond acceptors (Lipinski definition) is 4. The topological polar surface area (TPSA) is 102 Å². The fourth-order valence-corrected chi connectivity index (χ4v) is 2.35. The lowest BCUT2D eigenvalue weighted by Crippen LogP contribution is -2.51. The van der Waals surface area contributed by atoms with Crippen molar-refractivity contribution < 1.29 is 19.4 Å². The Hall–Kier alpha value is -2.18. The molecule has 0 heterocycles. The fourth-order valence-electron chi connectivity index (χ4n) is 2.35. The summed E-state index contributed by atoms with van der Waals surface area (Å²) in [6, 6.07) is 8.24. The van der Waals surface area contributed by atoms with Gasteiger partial charge in [-0.2, -0.15) is 0 Å². The zero-order chi connectivity index (χ0) is 15.4. The van der Waals surface area contributed by atoms with Crippen LogP contribution in [0.25, 0.3) is 0 Å². The molecule has 3 atom stereocenters. The van der Waals surface area contributed by atoms with Crippen LogP contribution in [0.1, 0.15) is 12.5 Å². The number of nitrogens with one attached hydrogen (secondary N) is 1. The molecule has 0 aliphatic heterocycles. The van der Waals surface area contributed by atoms with Crippen LogP contribution in [0.5, 0.6) is 0 Å². The van der Waals surface area contributed by atoms with Gasteiger partial charge in [0.1, 0.15) is 6.10 Å². The predicted octanol–water partition coefficient (Wildman–Crippen LogP) is 0.428. The molecule has 1 aliphatic rings. The molecular weight excluding hydrogens is 272 g/mol. The van der Waals surface area contributed by atoms with E-state index in [-0.39, 0.29) is 18.1 Å². The Morgan fingerprint density at radius 3 is 2.57 bits per heavy atom. The molecule has 0 bridgehead atoms. The molecule has 0 spiro atoms. The van der Waals surface area contributed by atoms with E-state index in [2.05, 4.69) is 5.32 Å². The summed E-state index contributed by atoms with van der Waals surface area (Å²) in [4.78, 5) is 22.5. The van der Waals surface area contributed by atoms with E-state index in [0.717, 1.165) is 5.56 Å². The molecule has 0 unspecified atom stereocenters. The molecule has 21 heavy (non-hydrogen) atoms. The van der Waals surface area contributed by atoms with E-state index in [9.17, 15) is 14.7 Å². The summed E-state index contributed by atoms with van der Waals surface area (Å²) in [5.41, 5.74) is 6.88. The number of ether oxygens (including phenoxy) is 1. The first-order valence-electron chi connectivity index (χ1n) is 6.62. The number of hydrogen-bond donors (Lipinski definition) is 3. The Morgan fingerprint density at radius 2 is 2.00 bits per heavy atom. The van der Waals surface area contributed by atoms with Gasteiger partial charge in [0.25, 0.3) is 0 Å². The number of rotatable bonds is 5. The average molecular weight is 290 g/mol. The van der Waals surface area contributed by atoms with Crippen molar-refractivity contribution in [3.05, 3.63) is 47.5 Å². The van der Waals surface area contributed by atoms with Gasteiger partial charge in [0.2, 0.25) is 5.91 Å². The van der Waals surface area contributed by atoms with E-state index >= 15 is 0 Å². The summed E-state index contributed by atoms with van der Waals surface area (Å²) in [6.45, 7) is 1.61. The molecule has 1 aromatic carbocycles. The van der Waals surface area contributed by atoms with Gasteiger partial charge in [-0.3, -0.25) is 4.79 Å². The van der Waals surface area contributed by atoms with Crippen molar-refractivity contribution in [3.63, 3.8) is 0 Å². The van der Waals surface area contributed by atoms with Gasteiger partial charge in [0.15, 0.2) is 0 Å². The molecular formula is C15H18N2O4. The highest BCUT2D eigenvalue weighted by atomic mass is 16.5. The fraction of sp³-hybridized carbons (Fsp3) is 0.333. The highest BCUT2D eigenvalue weighted by molar-refractivity contribution is 5.89. The van der Waals surface area contributed by atoms with Crippen LogP contribution in [0.3, 0.4) is 0 Å². The van der Waals surface area contributed by atoms with Crippen molar-refractivity contribution in [3.8, 4) is 0 Å². The van der Waals surface area contributed by atoms with Crippen molar-refractivity contribution in [1.29, 1.82) is 0 Å². The maximum absolute atomic E-state index is 11.3. The van der Waals surface area contributed by atoms with Crippen molar-refractivity contribution in [2.24, 2.45) is 5.73 Å². The summed E-state index contributed by atoms with van der Waals surface area (Å²) in [6.07, 6.45) is 0.667. The Labute approximate surface area is 122 Å². The zero-order valence-corrected chi connectivity index (χ0v) is 11.7. The number of carboxylic acid groups (broad SMARTS) is 1. The third-order valence-electron chi connectivity index (χ3n) is 3.31. The molecule has 0 radical (unpaired) electrons. The molecule has 1 aromatic rings. The van der Waals surface area contributed by atoms with E-state index in [4.69, 9.17) is 10.5 Å². The number of amides is 1. The summed E-state index contributed by atoms with van der Waals surface area (Å²) in [5, 5.41) is 11.9. The maximum atomic E-state index is 11.3. The minimum atomic E-state index is -1.09. The van der Waals surface area contributed by atoms with Gasteiger partial charge in [0, 0.05) is 13.0 Å². The number of carbonyl (C=O) groups excluding carboxylic acids is 1. The standard InChI is InChI=1S/C15H18N2O4/c1-9(18)17-13-12(16)7-11(15(19)20)14(13)21-8-10-5-3-2-4-6-10/h2-7,12-14H,8,16H2,1H3,(H,17,18)(H,19,20)/t12-,13+,14+/m0/s1. The maximum Gasteiger partial charge on any atom is 0.334 e. The molecule has 1 aliphatic carbocycles. The van der Waals surface area contributed by atoms with Gasteiger partial charge in [-0.1, -0.05) is 36.4 Å². The molecule has 6 heteroatoms. The average Bonchev–Trinajstić information content (AvgIpc) is 2.74. The van der Waals surface area contributed by atoms with Crippen LogP contribution in [0.4, 0.5) is 0 Å². The molecule has 0 saturated heterocycles. The summed E-state index contributed by atoms with van der Waals surface area (Å²) < 4.78 is 5.70. The van der Waals surface area contributed by atoms with Crippen LogP contribution >= 0.6 is 0 Å². The van der Waals surface area contributed by atoms with Crippen molar-refractivity contribution in [1.82, 2.24) is 5.32 Å². The zero-order valence-electron chi connectivity index (χ0n) is 11.7. The number of aliphatic carboxylic acids is 1. The molecule has 0 fully saturated rings. The molecule has 2 rings (SSSR count). The first-order valence-corrected chi connectivity index (χ1v) is 6.62. The molecule has 4 N–H and O–H groups in total. The van der Waals surface area contributed by atoms with Gasteiger partial charge in [-0.15, -0.1) is 0 Å². The number of carbonyl (C=O) groups is 2. The monoisotopic (exact) mass is 290 g/mol. The summed E-state index contributed by atoms with van der Waals surface area (Å²) in [5.74, 6) is -1.36. The number of carboxylic acids is 1. The highest BCUT2D eigenvalue weighted by Crippen LogP contribution is 2.24. The van der Waals surface area contributed by atoms with Gasteiger partial charge in [-0.25, -0.2) is 4.79 Å². The molecule has 112 valence electrons. The largest absolute Gasteiger partial charge is 0.478 e. The molecule has 6 nitrogen and oxygen atoms in total. The Morgan fingerprint density at radius 1 is 1.33 bits per heavy atom. The van der Waals surface area contributed by atoms with Crippen molar-refractivity contribution >= 4 is 11.9 Å². The quantitative estimate of drug-likeness (QED) is 0.730. The van der Waals surface area contributed by atoms with Crippen LogP contribution < -0.4 is 11.1 Å². The lowest BCUT2D eigenvalue weighted by molar-refractivity contribution is -0.134. The van der Waals surface area contributed by atoms with Crippen LogP contribution in [0, 0.1) is 0 Å². The summed E-state index contributed by atoms with van der Waals surface area (Å²) in [7, 11) is 0. The normalized spacial score (nSPS) is 24.5. The van der Waals surface area contributed by atoms with Crippen molar-refractivity contribution in [2.75, 3.05) is 0 Å². The van der Waals surface area contributed by atoms with E-state index in [1.807, 2.05) is 30.3 Å². The second-order valence-electron chi connectivity index (χ2n) is 4.95. The second-order valence-corrected chi connectivity index (χ2v) is 4.95. The third kappa shape index (κ3) is 3.68. The van der Waals surface area contributed by atoms with Gasteiger partial charge in [0.05, 0.1) is 18.2 Å². The van der Waals surface area contributed by atoms with Crippen molar-refractivity contribution in [2.45, 2.75) is 31.7 Å². The lowest BCUT2D eigenvalue weighted by atomic mass is 10.1. The molecule has 0 aromatic heterocycles. The third-order valence-corrected chi connectivity index (χ3v) is 3.31. The van der Waals surface area contributed by atoms with Gasteiger partial charge >= 0.3 is 5.97 Å². The Bertz CT molecular complexity index is 556. The highest BCUT2D eigenvalue weighted by Gasteiger charge is 2.39. The minimum Gasteiger partial charge on any atom is -0.478 e. The number of nitrogens with two attached hydrogens (primary N) is 1. The second kappa shape index (κ2) is 6.51. The van der Waals surface area contributed by atoms with E-state index in [0.29, 0.717) is 0 Å². The van der Waals surface area contributed by atoms with E-state index in [1.54, 1.807) is 0 Å². The van der Waals surface area contributed by atoms with Gasteiger partial charge < -0.3 is 20.9 Å². The summed E-state index contributed by atoms with van der Waals surface area (Å²) >= 11 is 0. The molecule has 0 saturated carbocycles. The van der Waals surface area contributed by atoms with Crippen LogP contribution in [0.15, 0.2) is 42.0 Å². The van der Waals surface area contributed by atoms with E-state index in [1.165, 1.54) is 13.0 Å². The first-order chi connectivity index (χ1) is 9.99. The van der Waals surface area contributed by atoms with Gasteiger partial charge in [-0.05, 0) is 5.56 Å². The van der Waals surface area contributed by atoms with Crippen LogP contribution in [-0.2, 0) is 20.9 Å². The Balaban J connectivity index is 2.12. The number of benzene rings is 1. The smallest absolute Gasteiger partial charge is 0.334 e. The van der Waals surface area contributed by atoms with Crippen LogP contribution in [-0.4, -0.2) is 35.2 Å². The minimum absolute atomic E-state index is 0.0807. The van der Waals surface area contributed by atoms with E-state index < -0.39 is 24.2 Å². The first kappa shape index (κ1) is 15.2. The van der Waals surface area contributed by atoms with Crippen LogP contribution in [0.2, 0.25) is 0 Å².